The highest BCUT2D eigenvalue weighted by Gasteiger charge is 2.77. The monoisotopic (exact) mass is 162 g/mol. The van der Waals surface area contributed by atoms with Crippen molar-refractivity contribution < 1.29 is 30.0 Å². The maximum absolute atomic E-state index is 10.1. The van der Waals surface area contributed by atoms with Gasteiger partial charge in [0.1, 0.15) is 0 Å². The summed E-state index contributed by atoms with van der Waals surface area (Å²) in [5.41, 5.74) is -5.00. The second-order valence-electron chi connectivity index (χ2n) is 2.51. The lowest BCUT2D eigenvalue weighted by molar-refractivity contribution is -0.165. The molecule has 11 heavy (non-hydrogen) atoms. The van der Waals surface area contributed by atoms with Gasteiger partial charge in [0.15, 0.2) is 0 Å². The highest BCUT2D eigenvalue weighted by molar-refractivity contribution is 5.97. The molecule has 62 valence electrons. The van der Waals surface area contributed by atoms with Gasteiger partial charge in [-0.3, -0.25) is 0 Å². The molecular formula is C5H6O6. The normalized spacial score (nSPS) is 41.6. The van der Waals surface area contributed by atoms with Crippen LogP contribution in [0.1, 0.15) is 6.42 Å². The van der Waals surface area contributed by atoms with E-state index in [0.717, 1.165) is 0 Å². The van der Waals surface area contributed by atoms with Gasteiger partial charge in [0.2, 0.25) is 11.2 Å². The van der Waals surface area contributed by atoms with E-state index in [1.165, 1.54) is 0 Å². The summed E-state index contributed by atoms with van der Waals surface area (Å²) in [7, 11) is 0. The van der Waals surface area contributed by atoms with Crippen molar-refractivity contribution in [2.45, 2.75) is 17.6 Å². The molecule has 0 spiro atoms. The first kappa shape index (κ1) is 7.96. The van der Waals surface area contributed by atoms with E-state index in [4.69, 9.17) is 20.4 Å². The van der Waals surface area contributed by atoms with Crippen molar-refractivity contribution in [3.63, 3.8) is 0 Å². The van der Waals surface area contributed by atoms with Crippen LogP contribution in [0.25, 0.3) is 0 Å². The average molecular weight is 162 g/mol. The van der Waals surface area contributed by atoms with Gasteiger partial charge in [0.05, 0.1) is 0 Å². The van der Waals surface area contributed by atoms with E-state index in [9.17, 15) is 9.59 Å². The second-order valence-corrected chi connectivity index (χ2v) is 2.51. The van der Waals surface area contributed by atoms with Crippen LogP contribution in [0, 0.1) is 0 Å². The molecule has 1 aliphatic rings. The molecule has 0 amide bonds. The van der Waals surface area contributed by atoms with Gasteiger partial charge >= 0.3 is 11.9 Å². The van der Waals surface area contributed by atoms with Crippen LogP contribution in [0.15, 0.2) is 0 Å². The molecule has 0 radical (unpaired) electrons. The molecule has 1 saturated carbocycles. The topological polar surface area (TPSA) is 115 Å². The third-order valence-corrected chi connectivity index (χ3v) is 1.78. The minimum absolute atomic E-state index is 0.662. The summed E-state index contributed by atoms with van der Waals surface area (Å²) in [6.45, 7) is 0. The Balaban J connectivity index is 2.87. The quantitative estimate of drug-likeness (QED) is 0.374. The minimum Gasteiger partial charge on any atom is -0.479 e. The second kappa shape index (κ2) is 1.72. The number of carboxylic acid groups (broad SMARTS) is 2. The van der Waals surface area contributed by atoms with Gasteiger partial charge in [-0.25, -0.2) is 9.59 Å². The van der Waals surface area contributed by atoms with Gasteiger partial charge in [-0.2, -0.15) is 0 Å². The molecule has 1 fully saturated rings. The summed E-state index contributed by atoms with van der Waals surface area (Å²) in [6, 6.07) is 0. The van der Waals surface area contributed by atoms with Crippen molar-refractivity contribution >= 4 is 11.9 Å². The smallest absolute Gasteiger partial charge is 0.339 e. The molecule has 1 aliphatic carbocycles. The van der Waals surface area contributed by atoms with Crippen LogP contribution < -0.4 is 0 Å². The first-order valence-corrected chi connectivity index (χ1v) is 2.76. The number of hydrogen-bond acceptors (Lipinski definition) is 4. The molecule has 0 bridgehead atoms. The van der Waals surface area contributed by atoms with E-state index >= 15 is 0 Å². The Labute approximate surface area is 60.7 Å². The number of aliphatic carboxylic acids is 2. The zero-order chi connectivity index (χ0) is 8.86. The van der Waals surface area contributed by atoms with Crippen LogP contribution in [0.4, 0.5) is 0 Å². The molecule has 4 N–H and O–H groups in total. The Morgan fingerprint density at radius 3 is 1.36 bits per heavy atom. The van der Waals surface area contributed by atoms with Crippen LogP contribution >= 0.6 is 0 Å². The van der Waals surface area contributed by atoms with Crippen molar-refractivity contribution in [1.29, 1.82) is 0 Å². The SMILES string of the molecule is O=C(O)C1(O)CC1(O)C(=O)O. The predicted octanol–water partition coefficient (Wildman–Crippen LogP) is -1.98. The first-order valence-electron chi connectivity index (χ1n) is 2.76. The van der Waals surface area contributed by atoms with Gasteiger partial charge in [0, 0.05) is 6.42 Å². The Bertz CT molecular complexity index is 211. The maximum atomic E-state index is 10.1. The molecule has 0 saturated heterocycles. The standard InChI is InChI=1S/C5H6O6/c6-2(7)4(10)1-5(4,11)3(8)9/h10-11H,1H2,(H,6,7)(H,8,9). The molecule has 1 rings (SSSR count). The van der Waals surface area contributed by atoms with E-state index in [0.29, 0.717) is 0 Å². The molecule has 6 heteroatoms. The molecular weight excluding hydrogens is 156 g/mol. The fraction of sp³-hybridized carbons (Fsp3) is 0.600. The van der Waals surface area contributed by atoms with Crippen molar-refractivity contribution in [1.82, 2.24) is 0 Å². The molecule has 0 aliphatic heterocycles. The summed E-state index contributed by atoms with van der Waals surface area (Å²) in [4.78, 5) is 20.3. The number of hydrogen-bond donors (Lipinski definition) is 4. The molecule has 0 aromatic heterocycles. The Kier molecular flexibility index (Phi) is 1.24. The van der Waals surface area contributed by atoms with E-state index < -0.39 is 29.6 Å². The number of carbonyl (C=O) groups is 2. The Morgan fingerprint density at radius 2 is 1.27 bits per heavy atom. The molecule has 0 aromatic carbocycles. The van der Waals surface area contributed by atoms with Crippen molar-refractivity contribution in [3.8, 4) is 0 Å². The maximum Gasteiger partial charge on any atom is 0.339 e. The lowest BCUT2D eigenvalue weighted by Crippen LogP contribution is -2.39. The summed E-state index contributed by atoms with van der Waals surface area (Å²) >= 11 is 0. The summed E-state index contributed by atoms with van der Waals surface area (Å²) < 4.78 is 0. The number of aliphatic hydroxyl groups is 2. The fourth-order valence-electron chi connectivity index (χ4n) is 0.831. The van der Waals surface area contributed by atoms with E-state index in [2.05, 4.69) is 0 Å². The van der Waals surface area contributed by atoms with Gasteiger partial charge < -0.3 is 20.4 Å². The highest BCUT2D eigenvalue weighted by atomic mass is 16.5. The average Bonchev–Trinajstić information content (AvgIpc) is 2.39. The lowest BCUT2D eigenvalue weighted by Gasteiger charge is -2.06. The van der Waals surface area contributed by atoms with E-state index in [1.807, 2.05) is 0 Å². The molecule has 0 heterocycles. The van der Waals surface area contributed by atoms with E-state index in [-0.39, 0.29) is 0 Å². The lowest BCUT2D eigenvalue weighted by atomic mass is 10.2. The third-order valence-electron chi connectivity index (χ3n) is 1.78. The van der Waals surface area contributed by atoms with Crippen LogP contribution in [0.2, 0.25) is 0 Å². The summed E-state index contributed by atoms with van der Waals surface area (Å²) in [6.07, 6.45) is -0.662. The van der Waals surface area contributed by atoms with Crippen LogP contribution in [-0.4, -0.2) is 43.6 Å². The summed E-state index contributed by atoms with van der Waals surface area (Å²) in [5.74, 6) is -3.44. The minimum atomic E-state index is -2.50. The number of rotatable bonds is 2. The highest BCUT2D eigenvalue weighted by Crippen LogP contribution is 2.48. The molecule has 2 atom stereocenters. The van der Waals surface area contributed by atoms with Crippen LogP contribution in [-0.2, 0) is 9.59 Å². The van der Waals surface area contributed by atoms with Gasteiger partial charge in [0.25, 0.3) is 0 Å². The van der Waals surface area contributed by atoms with Crippen LogP contribution in [0.3, 0.4) is 0 Å². The largest absolute Gasteiger partial charge is 0.479 e. The van der Waals surface area contributed by atoms with Gasteiger partial charge in [-0.1, -0.05) is 0 Å². The summed E-state index contributed by atoms with van der Waals surface area (Å²) in [5, 5.41) is 34.2. The van der Waals surface area contributed by atoms with Gasteiger partial charge in [-0.15, -0.1) is 0 Å². The fourth-order valence-corrected chi connectivity index (χ4v) is 0.831. The Hall–Kier alpha value is -1.14. The molecule has 6 nitrogen and oxygen atoms in total. The zero-order valence-corrected chi connectivity index (χ0v) is 5.31. The Morgan fingerprint density at radius 1 is 1.00 bits per heavy atom. The van der Waals surface area contributed by atoms with Gasteiger partial charge in [-0.05, 0) is 0 Å². The zero-order valence-electron chi connectivity index (χ0n) is 5.31. The van der Waals surface area contributed by atoms with Crippen molar-refractivity contribution in [3.05, 3.63) is 0 Å². The number of carboxylic acids is 2. The molecule has 2 unspecified atom stereocenters. The third kappa shape index (κ3) is 0.732. The molecule has 0 aromatic rings. The van der Waals surface area contributed by atoms with Crippen LogP contribution in [0.5, 0.6) is 0 Å². The first-order chi connectivity index (χ1) is 4.84. The predicted molar refractivity (Wildman–Crippen MR) is 29.8 cm³/mol. The van der Waals surface area contributed by atoms with Crippen molar-refractivity contribution in [2.75, 3.05) is 0 Å². The van der Waals surface area contributed by atoms with E-state index in [1.54, 1.807) is 0 Å². The van der Waals surface area contributed by atoms with Crippen molar-refractivity contribution in [2.24, 2.45) is 0 Å².